The van der Waals surface area contributed by atoms with E-state index in [1.54, 1.807) is 12.1 Å². The van der Waals surface area contributed by atoms with Crippen LogP contribution in [0.4, 0.5) is 0 Å². The number of carbonyl (C=O) groups is 1. The summed E-state index contributed by atoms with van der Waals surface area (Å²) < 4.78 is 34.1. The van der Waals surface area contributed by atoms with Crippen molar-refractivity contribution >= 4 is 28.0 Å². The summed E-state index contributed by atoms with van der Waals surface area (Å²) in [6.45, 7) is 7.93. The van der Waals surface area contributed by atoms with Crippen LogP contribution in [0.2, 0.25) is 0 Å². The lowest BCUT2D eigenvalue weighted by molar-refractivity contribution is 0.00704. The minimum Gasteiger partial charge on any atom is -0.456 e. The van der Waals surface area contributed by atoms with Crippen LogP contribution >= 0.6 is 0 Å². The number of ether oxygens (including phenoxy) is 1. The zero-order valence-corrected chi connectivity index (χ0v) is 25.3. The van der Waals surface area contributed by atoms with Gasteiger partial charge in [0.2, 0.25) is 0 Å². The highest BCUT2D eigenvalue weighted by Crippen LogP contribution is 2.31. The van der Waals surface area contributed by atoms with Crippen LogP contribution in [0.15, 0.2) is 84.9 Å². The quantitative estimate of drug-likeness (QED) is 0.180. The van der Waals surface area contributed by atoms with Gasteiger partial charge in [-0.2, -0.15) is 0 Å². The predicted molar refractivity (Wildman–Crippen MR) is 174 cm³/mol. The number of esters is 1. The Kier molecular flexibility index (Phi) is 6.46. The molecular formula is C37H38N4O2. The molecule has 0 saturated carbocycles. The molecule has 218 valence electrons. The highest BCUT2D eigenvalue weighted by molar-refractivity contribution is 5.97. The molecule has 0 unspecified atom stereocenters. The molecule has 6 aromatic rings. The van der Waals surface area contributed by atoms with Gasteiger partial charge in [-0.05, 0) is 86.7 Å². The molecule has 0 bridgehead atoms. The average Bonchev–Trinajstić information content (AvgIpc) is 3.56. The summed E-state index contributed by atoms with van der Waals surface area (Å²) in [7, 11) is 0. The van der Waals surface area contributed by atoms with E-state index in [0.29, 0.717) is 29.0 Å². The highest BCUT2D eigenvalue weighted by Gasteiger charge is 2.21. The molecule has 0 radical (unpaired) electrons. The molecule has 6 heteroatoms. The molecule has 0 aliphatic heterocycles. The molecular weight excluding hydrogens is 532 g/mol. The number of rotatable bonds is 7. The summed E-state index contributed by atoms with van der Waals surface area (Å²) in [5, 5.41) is 0. The van der Waals surface area contributed by atoms with Gasteiger partial charge in [0.1, 0.15) is 17.2 Å². The Morgan fingerprint density at radius 3 is 2.40 bits per heavy atom. The number of hydrogen-bond acceptors (Lipinski definition) is 4. The number of fused-ring (bicyclic) bond motifs is 2. The van der Waals surface area contributed by atoms with Crippen molar-refractivity contribution in [3.05, 3.63) is 107 Å². The van der Waals surface area contributed by atoms with E-state index in [2.05, 4.69) is 23.6 Å². The molecule has 0 atom stereocenters. The Morgan fingerprint density at radius 2 is 1.65 bits per heavy atom. The summed E-state index contributed by atoms with van der Waals surface area (Å²) in [5.41, 5.74) is 7.50. The van der Waals surface area contributed by atoms with Gasteiger partial charge >= 0.3 is 5.97 Å². The summed E-state index contributed by atoms with van der Waals surface area (Å²) in [6, 6.07) is 27.1. The van der Waals surface area contributed by atoms with Crippen LogP contribution in [0.1, 0.15) is 65.5 Å². The van der Waals surface area contributed by atoms with Gasteiger partial charge in [0.15, 0.2) is 0 Å². The number of imidazole rings is 2. The molecule has 2 aromatic heterocycles. The maximum absolute atomic E-state index is 13.0. The number of carbonyl (C=O) groups excluding carboxylic acids is 1. The van der Waals surface area contributed by atoms with Crippen LogP contribution in [-0.2, 0) is 24.7 Å². The van der Waals surface area contributed by atoms with Crippen LogP contribution in [0.25, 0.3) is 44.6 Å². The highest BCUT2D eigenvalue weighted by atomic mass is 16.6. The van der Waals surface area contributed by atoms with E-state index in [1.807, 2.05) is 88.4 Å². The van der Waals surface area contributed by atoms with E-state index in [0.717, 1.165) is 57.5 Å². The van der Waals surface area contributed by atoms with E-state index in [9.17, 15) is 4.79 Å². The topological polar surface area (TPSA) is 61.9 Å². The summed E-state index contributed by atoms with van der Waals surface area (Å²) >= 11 is 0. The fourth-order valence-corrected chi connectivity index (χ4v) is 5.60. The van der Waals surface area contributed by atoms with E-state index in [-0.39, 0.29) is 5.97 Å². The minimum atomic E-state index is -2.40. The summed E-state index contributed by atoms with van der Waals surface area (Å²) in [6.07, 6.45) is 1.74. The molecule has 0 spiro atoms. The molecule has 4 aromatic carbocycles. The van der Waals surface area contributed by atoms with Crippen LogP contribution in [-0.4, -0.2) is 30.7 Å². The third kappa shape index (κ3) is 5.57. The average molecular weight is 574 g/mol. The van der Waals surface area contributed by atoms with E-state index in [1.165, 1.54) is 4.57 Å². The largest absolute Gasteiger partial charge is 0.456 e. The fourth-order valence-electron chi connectivity index (χ4n) is 5.60. The minimum absolute atomic E-state index is 0.348. The Morgan fingerprint density at radius 1 is 0.907 bits per heavy atom. The van der Waals surface area contributed by atoms with Gasteiger partial charge in [-0.25, -0.2) is 14.8 Å². The number of nitrogens with zero attached hydrogens (tertiary/aromatic N) is 4. The van der Waals surface area contributed by atoms with Crippen molar-refractivity contribution in [1.29, 1.82) is 0 Å². The number of para-hydroxylation sites is 2. The normalized spacial score (nSPS) is 13.2. The number of aryl methyl sites for hydroxylation is 3. The standard InChI is InChI=1S/C37H38N4O2/c1-7-12-33-39-34-24(2)21-27(35-38-30-15-10-11-16-31(30)40(35)6)22-32(34)41(33)23-25-17-19-26(20-18-25)28-13-8-9-14-29(28)36(42)43-37(3,4)5/h8-11,13-22H,7,12,23H2,1-6H3/i6D3. The number of hydrogen-bond donors (Lipinski definition) is 0. The molecule has 0 N–H and O–H groups in total. The Hall–Kier alpha value is -4.71. The molecule has 43 heavy (non-hydrogen) atoms. The maximum Gasteiger partial charge on any atom is 0.339 e. The molecule has 0 saturated heterocycles. The van der Waals surface area contributed by atoms with Gasteiger partial charge in [-0.1, -0.05) is 61.5 Å². The van der Waals surface area contributed by atoms with E-state index < -0.39 is 12.6 Å². The van der Waals surface area contributed by atoms with Gasteiger partial charge in [0.05, 0.1) is 27.6 Å². The Labute approximate surface area is 257 Å². The second-order valence-corrected chi connectivity index (χ2v) is 12.0. The van der Waals surface area contributed by atoms with Crippen molar-refractivity contribution in [1.82, 2.24) is 19.1 Å². The first-order valence-corrected chi connectivity index (χ1v) is 14.7. The van der Waals surface area contributed by atoms with Gasteiger partial charge in [0.25, 0.3) is 0 Å². The van der Waals surface area contributed by atoms with Crippen LogP contribution in [0, 0.1) is 6.92 Å². The molecule has 6 nitrogen and oxygen atoms in total. The lowest BCUT2D eigenvalue weighted by Gasteiger charge is -2.20. The number of benzene rings is 4. The van der Waals surface area contributed by atoms with Crippen LogP contribution < -0.4 is 0 Å². The first kappa shape index (κ1) is 24.8. The van der Waals surface area contributed by atoms with E-state index in [4.69, 9.17) is 18.8 Å². The molecule has 6 rings (SSSR count). The zero-order chi connectivity index (χ0) is 32.8. The monoisotopic (exact) mass is 573 g/mol. The smallest absolute Gasteiger partial charge is 0.339 e. The third-order valence-electron chi connectivity index (χ3n) is 7.57. The second-order valence-electron chi connectivity index (χ2n) is 12.0. The lowest BCUT2D eigenvalue weighted by atomic mass is 9.98. The third-order valence-corrected chi connectivity index (χ3v) is 7.57. The Balaban J connectivity index is 1.41. The van der Waals surface area contributed by atoms with Gasteiger partial charge in [0, 0.05) is 29.6 Å². The SMILES string of the molecule is [2H]C([2H])([2H])n1c(-c2cc(C)c3nc(CCC)n(Cc4ccc(-c5ccccc5C(=O)OC(C)(C)C)cc4)c3c2)nc2ccccc21. The predicted octanol–water partition coefficient (Wildman–Crippen LogP) is 8.52. The van der Waals surface area contributed by atoms with Crippen LogP contribution in [0.5, 0.6) is 0 Å². The van der Waals surface area contributed by atoms with Crippen LogP contribution in [0.3, 0.4) is 0 Å². The van der Waals surface area contributed by atoms with Crippen molar-refractivity contribution in [3.8, 4) is 22.5 Å². The molecule has 0 aliphatic rings. The second kappa shape index (κ2) is 11.2. The summed E-state index contributed by atoms with van der Waals surface area (Å²) in [5.74, 6) is 1.03. The van der Waals surface area contributed by atoms with Gasteiger partial charge < -0.3 is 13.9 Å². The van der Waals surface area contributed by atoms with Gasteiger partial charge in [-0.3, -0.25) is 0 Å². The maximum atomic E-state index is 13.0. The summed E-state index contributed by atoms with van der Waals surface area (Å²) in [4.78, 5) is 22.8. The van der Waals surface area contributed by atoms with Crippen molar-refractivity contribution in [2.45, 2.75) is 59.6 Å². The molecule has 0 aliphatic carbocycles. The fraction of sp³-hybridized carbons (Fsp3) is 0.270. The Bertz CT molecular complexity index is 2070. The van der Waals surface area contributed by atoms with Crippen molar-refractivity contribution in [2.24, 2.45) is 6.98 Å². The first-order valence-electron chi connectivity index (χ1n) is 16.2. The van der Waals surface area contributed by atoms with E-state index >= 15 is 0 Å². The van der Waals surface area contributed by atoms with Crippen molar-refractivity contribution < 1.29 is 13.6 Å². The first-order chi connectivity index (χ1) is 21.8. The van der Waals surface area contributed by atoms with Gasteiger partial charge in [-0.15, -0.1) is 0 Å². The van der Waals surface area contributed by atoms with Crippen molar-refractivity contribution in [2.75, 3.05) is 0 Å². The molecule has 2 heterocycles. The number of aromatic nitrogens is 4. The lowest BCUT2D eigenvalue weighted by Crippen LogP contribution is -2.24. The zero-order valence-electron chi connectivity index (χ0n) is 28.3. The van der Waals surface area contributed by atoms with Crippen molar-refractivity contribution in [3.63, 3.8) is 0 Å². The molecule has 0 fully saturated rings. The molecule has 0 amide bonds.